The quantitative estimate of drug-likeness (QED) is 0.0665. The lowest BCUT2D eigenvalue weighted by molar-refractivity contribution is -0.318. The van der Waals surface area contributed by atoms with Gasteiger partial charge in [0.05, 0.1) is 33.0 Å². The van der Waals surface area contributed by atoms with E-state index < -0.39 is 42.1 Å². The van der Waals surface area contributed by atoms with E-state index in [1.54, 1.807) is 6.08 Å². The van der Waals surface area contributed by atoms with E-state index in [9.17, 15) is 4.79 Å². The minimum absolute atomic E-state index is 0.202. The summed E-state index contributed by atoms with van der Waals surface area (Å²) < 4.78 is 41.2. The smallest absolute Gasteiger partial charge is 0.303 e. The van der Waals surface area contributed by atoms with Gasteiger partial charge >= 0.3 is 5.97 Å². The van der Waals surface area contributed by atoms with Crippen LogP contribution >= 0.6 is 0 Å². The molecule has 7 heteroatoms. The third kappa shape index (κ3) is 10.2. The van der Waals surface area contributed by atoms with Crippen molar-refractivity contribution in [3.05, 3.63) is 192 Å². The van der Waals surface area contributed by atoms with Gasteiger partial charge in [-0.05, 0) is 27.8 Å². The summed E-state index contributed by atoms with van der Waals surface area (Å²) >= 11 is 0. The van der Waals surface area contributed by atoms with Gasteiger partial charge in [-0.15, -0.1) is 6.58 Å². The van der Waals surface area contributed by atoms with Crippen LogP contribution in [-0.2, 0) is 66.3 Å². The molecule has 274 valence electrons. The number of esters is 1. The fourth-order valence-electron chi connectivity index (χ4n) is 6.98. The van der Waals surface area contributed by atoms with E-state index in [1.807, 2.05) is 152 Å². The predicted molar refractivity (Wildman–Crippen MR) is 204 cm³/mol. The number of hydrogen-bond donors (Lipinski definition) is 0. The molecule has 0 N–H and O–H groups in total. The van der Waals surface area contributed by atoms with Crippen molar-refractivity contribution in [1.82, 2.24) is 0 Å². The van der Waals surface area contributed by atoms with Crippen LogP contribution < -0.4 is 0 Å². The van der Waals surface area contributed by atoms with Gasteiger partial charge in [0.2, 0.25) is 0 Å². The van der Waals surface area contributed by atoms with Crippen molar-refractivity contribution >= 4 is 5.97 Å². The number of carbonyl (C=O) groups is 1. The summed E-state index contributed by atoms with van der Waals surface area (Å²) in [5, 5.41) is 0. The molecule has 1 saturated carbocycles. The van der Waals surface area contributed by atoms with E-state index >= 15 is 0 Å². The Bertz CT molecular complexity index is 1700. The summed E-state index contributed by atoms with van der Waals surface area (Å²) in [6.45, 7) is 6.78. The molecular weight excluding hydrogens is 664 g/mol. The fraction of sp³-hybridized carbons (Fsp3) is 0.283. The fourth-order valence-corrected chi connectivity index (χ4v) is 6.98. The highest BCUT2D eigenvalue weighted by molar-refractivity contribution is 5.67. The van der Waals surface area contributed by atoms with Crippen LogP contribution in [0.4, 0.5) is 0 Å². The standard InChI is InChI=1S/C46H48O7/c1-3-29-46(53-35(2)47)44(51-33-39-25-15-7-16-26-39)42(49-31-37-21-11-5-12-22-37)41(48-30-36-19-9-4-10-20-36)43(50-32-38-23-13-6-14-24-38)45(46)52-34-40-27-17-8-18-28-40/h3-28,41-45H,1,29-34H2,2H3. The first-order valence-electron chi connectivity index (χ1n) is 18.1. The predicted octanol–water partition coefficient (Wildman–Crippen LogP) is 8.81. The normalized spacial score (nSPS) is 22.5. The first kappa shape index (κ1) is 37.9. The number of rotatable bonds is 18. The zero-order valence-electron chi connectivity index (χ0n) is 30.2. The van der Waals surface area contributed by atoms with Crippen LogP contribution in [0.5, 0.6) is 0 Å². The Morgan fingerprint density at radius 1 is 0.491 bits per heavy atom. The lowest BCUT2D eigenvalue weighted by Crippen LogP contribution is -2.74. The minimum atomic E-state index is -1.42. The van der Waals surface area contributed by atoms with Crippen LogP contribution in [0.1, 0.15) is 41.2 Å². The highest BCUT2D eigenvalue weighted by Crippen LogP contribution is 2.45. The second kappa shape index (κ2) is 19.3. The molecule has 0 aromatic heterocycles. The summed E-state index contributed by atoms with van der Waals surface area (Å²) in [5.41, 5.74) is 3.42. The van der Waals surface area contributed by atoms with Crippen LogP contribution in [-0.4, -0.2) is 42.1 Å². The van der Waals surface area contributed by atoms with Crippen molar-refractivity contribution < 1.29 is 33.2 Å². The summed E-state index contributed by atoms with van der Waals surface area (Å²) in [6.07, 6.45) is -2.07. The summed E-state index contributed by atoms with van der Waals surface area (Å²) in [5.74, 6) is -0.485. The van der Waals surface area contributed by atoms with E-state index in [0.29, 0.717) is 0 Å². The lowest BCUT2D eigenvalue weighted by atomic mass is 9.72. The molecule has 0 aliphatic heterocycles. The molecule has 1 aliphatic carbocycles. The second-order valence-electron chi connectivity index (χ2n) is 13.3. The summed E-state index contributed by atoms with van der Waals surface area (Å²) in [6, 6.07) is 49.7. The lowest BCUT2D eigenvalue weighted by Gasteiger charge is -2.55. The van der Waals surface area contributed by atoms with Crippen molar-refractivity contribution in [3.63, 3.8) is 0 Å². The molecule has 0 amide bonds. The van der Waals surface area contributed by atoms with Crippen molar-refractivity contribution in [1.29, 1.82) is 0 Å². The molecule has 0 radical (unpaired) electrons. The van der Waals surface area contributed by atoms with Gasteiger partial charge < -0.3 is 28.4 Å². The van der Waals surface area contributed by atoms with E-state index in [-0.39, 0.29) is 39.5 Å². The van der Waals surface area contributed by atoms with E-state index in [2.05, 4.69) is 6.58 Å². The number of hydrogen-bond acceptors (Lipinski definition) is 7. The maximum Gasteiger partial charge on any atom is 0.303 e. The van der Waals surface area contributed by atoms with E-state index in [0.717, 1.165) is 27.8 Å². The van der Waals surface area contributed by atoms with Crippen molar-refractivity contribution in [2.75, 3.05) is 0 Å². The number of carbonyl (C=O) groups excluding carboxylic acids is 1. The molecule has 5 aromatic carbocycles. The molecule has 4 unspecified atom stereocenters. The molecule has 1 fully saturated rings. The van der Waals surface area contributed by atoms with Crippen LogP contribution in [0.2, 0.25) is 0 Å². The van der Waals surface area contributed by atoms with E-state index in [4.69, 9.17) is 28.4 Å². The topological polar surface area (TPSA) is 72.5 Å². The van der Waals surface area contributed by atoms with Gasteiger partial charge in [0, 0.05) is 13.3 Å². The van der Waals surface area contributed by atoms with Crippen molar-refractivity contribution in [2.45, 2.75) is 82.5 Å². The molecule has 1 aliphatic rings. The molecule has 0 bridgehead atoms. The third-order valence-electron chi connectivity index (χ3n) is 9.41. The molecule has 0 spiro atoms. The highest BCUT2D eigenvalue weighted by Gasteiger charge is 2.64. The van der Waals surface area contributed by atoms with Crippen molar-refractivity contribution in [2.24, 2.45) is 0 Å². The Labute approximate surface area is 313 Å². The average molecular weight is 713 g/mol. The first-order chi connectivity index (χ1) is 26.1. The van der Waals surface area contributed by atoms with Gasteiger partial charge in [-0.2, -0.15) is 0 Å². The molecule has 6 rings (SSSR count). The molecule has 4 atom stereocenters. The van der Waals surface area contributed by atoms with Crippen molar-refractivity contribution in [3.8, 4) is 0 Å². The minimum Gasteiger partial charge on any atom is -0.453 e. The molecule has 0 heterocycles. The van der Waals surface area contributed by atoms with Gasteiger partial charge in [0.25, 0.3) is 0 Å². The highest BCUT2D eigenvalue weighted by atomic mass is 16.6. The summed E-state index contributed by atoms with van der Waals surface area (Å²) in [7, 11) is 0. The monoisotopic (exact) mass is 712 g/mol. The maximum atomic E-state index is 13.3. The van der Waals surface area contributed by atoms with Gasteiger partial charge in [-0.3, -0.25) is 4.79 Å². The Balaban J connectivity index is 1.49. The van der Waals surface area contributed by atoms with E-state index in [1.165, 1.54) is 6.92 Å². The maximum absolute atomic E-state index is 13.3. The average Bonchev–Trinajstić information content (AvgIpc) is 3.20. The number of benzene rings is 5. The Hall–Kier alpha value is -4.89. The molecular formula is C46H48O7. The van der Waals surface area contributed by atoms with Gasteiger partial charge in [-0.1, -0.05) is 158 Å². The SMILES string of the molecule is C=CCC1(OC(C)=O)C(OCc2ccccc2)C(OCc2ccccc2)C(OCc2ccccc2)C(OCc2ccccc2)C1OCc1ccccc1. The summed E-state index contributed by atoms with van der Waals surface area (Å²) in [4.78, 5) is 13.3. The zero-order chi connectivity index (χ0) is 36.7. The molecule has 53 heavy (non-hydrogen) atoms. The number of ether oxygens (including phenoxy) is 6. The zero-order valence-corrected chi connectivity index (χ0v) is 30.2. The van der Waals surface area contributed by atoms with Crippen LogP contribution in [0.25, 0.3) is 0 Å². The molecule has 0 saturated heterocycles. The Morgan fingerprint density at radius 3 is 1.06 bits per heavy atom. The van der Waals surface area contributed by atoms with Crippen LogP contribution in [0.3, 0.4) is 0 Å². The van der Waals surface area contributed by atoms with Gasteiger partial charge in [0.15, 0.2) is 5.60 Å². The van der Waals surface area contributed by atoms with Crippen LogP contribution in [0, 0.1) is 0 Å². The second-order valence-corrected chi connectivity index (χ2v) is 13.3. The third-order valence-corrected chi connectivity index (χ3v) is 9.41. The Kier molecular flexibility index (Phi) is 13.8. The Morgan fingerprint density at radius 2 is 0.774 bits per heavy atom. The van der Waals surface area contributed by atoms with Crippen LogP contribution in [0.15, 0.2) is 164 Å². The molecule has 7 nitrogen and oxygen atoms in total. The first-order valence-corrected chi connectivity index (χ1v) is 18.1. The largest absolute Gasteiger partial charge is 0.453 e. The molecule has 5 aromatic rings. The van der Waals surface area contributed by atoms with Gasteiger partial charge in [0.1, 0.15) is 30.5 Å². The van der Waals surface area contributed by atoms with Gasteiger partial charge in [-0.25, -0.2) is 0 Å².